The van der Waals surface area contributed by atoms with Crippen LogP contribution in [-0.2, 0) is 6.42 Å². The molecule has 0 aliphatic carbocycles. The average Bonchev–Trinajstić information content (AvgIpc) is 2.66. The van der Waals surface area contributed by atoms with Crippen molar-refractivity contribution in [2.45, 2.75) is 6.42 Å². The lowest BCUT2D eigenvalue weighted by Gasteiger charge is -2.11. The Kier molecular flexibility index (Phi) is 4.20. The van der Waals surface area contributed by atoms with E-state index in [1.54, 1.807) is 12.1 Å². The van der Waals surface area contributed by atoms with Crippen LogP contribution in [0.2, 0.25) is 0 Å². The van der Waals surface area contributed by atoms with Crippen molar-refractivity contribution in [2.24, 2.45) is 0 Å². The maximum Gasteiger partial charge on any atom is 0.196 e. The zero-order chi connectivity index (χ0) is 19.0. The van der Waals surface area contributed by atoms with Gasteiger partial charge in [-0.05, 0) is 54.1 Å². The second-order valence-corrected chi connectivity index (χ2v) is 6.23. The average molecular weight is 364 g/mol. The summed E-state index contributed by atoms with van der Waals surface area (Å²) < 4.78 is 32.4. The zero-order valence-corrected chi connectivity index (χ0v) is 14.1. The maximum atomic E-state index is 13.3. The van der Waals surface area contributed by atoms with Gasteiger partial charge in [-0.1, -0.05) is 12.1 Å². The quantitative estimate of drug-likeness (QED) is 0.554. The molecule has 4 rings (SSSR count). The Morgan fingerprint density at radius 2 is 1.48 bits per heavy atom. The molecule has 4 aromatic rings. The minimum absolute atomic E-state index is 0.0259. The molecule has 0 fully saturated rings. The van der Waals surface area contributed by atoms with Crippen LogP contribution in [0.5, 0.6) is 5.75 Å². The van der Waals surface area contributed by atoms with Crippen LogP contribution < -0.4 is 5.43 Å². The lowest BCUT2D eigenvalue weighted by molar-refractivity contribution is 0.474. The van der Waals surface area contributed by atoms with Crippen LogP contribution in [0.15, 0.2) is 75.9 Å². The summed E-state index contributed by atoms with van der Waals surface area (Å²) in [6, 6.07) is 15.7. The molecule has 0 bridgehead atoms. The number of benzene rings is 3. The summed E-state index contributed by atoms with van der Waals surface area (Å²) in [4.78, 5) is 13.1. The predicted molar refractivity (Wildman–Crippen MR) is 98.7 cm³/mol. The normalized spacial score (nSPS) is 11.0. The number of hydrogen-bond donors (Lipinski definition) is 1. The molecule has 1 N–H and O–H groups in total. The van der Waals surface area contributed by atoms with Gasteiger partial charge >= 0.3 is 0 Å². The number of rotatable bonds is 3. The molecule has 0 aliphatic heterocycles. The molecule has 0 amide bonds. The van der Waals surface area contributed by atoms with E-state index in [0.29, 0.717) is 22.3 Å². The number of phenols is 1. The van der Waals surface area contributed by atoms with E-state index in [2.05, 4.69) is 0 Å². The second-order valence-electron chi connectivity index (χ2n) is 6.23. The van der Waals surface area contributed by atoms with Crippen LogP contribution >= 0.6 is 0 Å². The monoisotopic (exact) mass is 364 g/mol. The Balaban J connectivity index is 1.96. The number of halogens is 2. The first kappa shape index (κ1) is 17.0. The van der Waals surface area contributed by atoms with Gasteiger partial charge in [0.1, 0.15) is 28.7 Å². The molecule has 1 heterocycles. The van der Waals surface area contributed by atoms with Gasteiger partial charge in [0.25, 0.3) is 0 Å². The summed E-state index contributed by atoms with van der Waals surface area (Å²) in [5.41, 5.74) is 1.65. The summed E-state index contributed by atoms with van der Waals surface area (Å²) in [5, 5.41) is 10.0. The molecule has 0 saturated heterocycles. The minimum Gasteiger partial charge on any atom is -0.508 e. The molecule has 5 heteroatoms. The van der Waals surface area contributed by atoms with Gasteiger partial charge in [0.2, 0.25) is 0 Å². The van der Waals surface area contributed by atoms with Crippen LogP contribution in [0, 0.1) is 11.6 Å². The molecular weight excluding hydrogens is 350 g/mol. The first-order chi connectivity index (χ1) is 13.0. The van der Waals surface area contributed by atoms with Gasteiger partial charge in [0.15, 0.2) is 5.43 Å². The van der Waals surface area contributed by atoms with E-state index in [-0.39, 0.29) is 29.0 Å². The van der Waals surface area contributed by atoms with Gasteiger partial charge in [0.05, 0.1) is 5.39 Å². The Labute approximate surface area is 153 Å². The zero-order valence-electron chi connectivity index (χ0n) is 14.1. The third-order valence-corrected chi connectivity index (χ3v) is 4.37. The summed E-state index contributed by atoms with van der Waals surface area (Å²) in [5.74, 6) is -0.498. The number of aromatic hydroxyl groups is 1. The van der Waals surface area contributed by atoms with Crippen LogP contribution in [0.1, 0.15) is 11.1 Å². The third-order valence-electron chi connectivity index (χ3n) is 4.37. The predicted octanol–water partition coefficient (Wildman–Crippen LogP) is 5.03. The fraction of sp³-hybridized carbons (Fsp3) is 0.0455. The van der Waals surface area contributed by atoms with Crippen LogP contribution in [0.25, 0.3) is 22.3 Å². The highest BCUT2D eigenvalue weighted by atomic mass is 19.1. The summed E-state index contributed by atoms with van der Waals surface area (Å²) in [6.07, 6.45) is 0.228. The SMILES string of the molecule is O=c1c(Cc2ccc(F)cc2)c(-c2ccc(F)cc2)oc2cc(O)ccc12. The molecule has 134 valence electrons. The summed E-state index contributed by atoms with van der Waals surface area (Å²) in [6.45, 7) is 0. The van der Waals surface area contributed by atoms with Gasteiger partial charge in [-0.25, -0.2) is 8.78 Å². The van der Waals surface area contributed by atoms with Gasteiger partial charge in [-0.2, -0.15) is 0 Å². The largest absolute Gasteiger partial charge is 0.508 e. The lowest BCUT2D eigenvalue weighted by Crippen LogP contribution is -2.12. The van der Waals surface area contributed by atoms with Crippen LogP contribution in [0.3, 0.4) is 0 Å². The molecule has 0 atom stereocenters. The van der Waals surface area contributed by atoms with Gasteiger partial charge in [-0.15, -0.1) is 0 Å². The van der Waals surface area contributed by atoms with Crippen molar-refractivity contribution in [3.05, 3.63) is 99.7 Å². The number of phenolic OH excluding ortho intramolecular Hbond substituents is 1. The number of hydrogen-bond acceptors (Lipinski definition) is 3. The first-order valence-electron chi connectivity index (χ1n) is 8.30. The number of fused-ring (bicyclic) bond motifs is 1. The molecule has 0 spiro atoms. The fourth-order valence-corrected chi connectivity index (χ4v) is 3.02. The van der Waals surface area contributed by atoms with Crippen molar-refractivity contribution in [1.29, 1.82) is 0 Å². The Morgan fingerprint density at radius 3 is 2.15 bits per heavy atom. The highest BCUT2D eigenvalue weighted by Crippen LogP contribution is 2.29. The second kappa shape index (κ2) is 6.68. The van der Waals surface area contributed by atoms with Crippen LogP contribution in [0.4, 0.5) is 8.78 Å². The van der Waals surface area contributed by atoms with Gasteiger partial charge < -0.3 is 9.52 Å². The van der Waals surface area contributed by atoms with E-state index in [0.717, 1.165) is 5.56 Å². The van der Waals surface area contributed by atoms with Crippen molar-refractivity contribution in [3.8, 4) is 17.1 Å². The summed E-state index contributed by atoms with van der Waals surface area (Å²) in [7, 11) is 0. The standard InChI is InChI=1S/C22H14F2O3/c23-15-5-1-13(2-6-15)11-19-21(26)18-10-9-17(25)12-20(18)27-22(19)14-3-7-16(24)8-4-14/h1-10,12,25H,11H2. The van der Waals surface area contributed by atoms with Crippen molar-refractivity contribution < 1.29 is 18.3 Å². The first-order valence-corrected chi connectivity index (χ1v) is 8.30. The van der Waals surface area contributed by atoms with Crippen molar-refractivity contribution >= 4 is 11.0 Å². The molecule has 27 heavy (non-hydrogen) atoms. The van der Waals surface area contributed by atoms with Crippen LogP contribution in [-0.4, -0.2) is 5.11 Å². The third kappa shape index (κ3) is 3.31. The van der Waals surface area contributed by atoms with Gasteiger partial charge in [0, 0.05) is 23.6 Å². The van der Waals surface area contributed by atoms with Crippen molar-refractivity contribution in [3.63, 3.8) is 0 Å². The van der Waals surface area contributed by atoms with Gasteiger partial charge in [-0.3, -0.25) is 4.79 Å². The molecule has 0 saturated carbocycles. The van der Waals surface area contributed by atoms with E-state index in [1.165, 1.54) is 54.6 Å². The summed E-state index contributed by atoms with van der Waals surface area (Å²) >= 11 is 0. The fourth-order valence-electron chi connectivity index (χ4n) is 3.02. The maximum absolute atomic E-state index is 13.3. The topological polar surface area (TPSA) is 50.4 Å². The highest BCUT2D eigenvalue weighted by molar-refractivity contribution is 5.81. The molecular formula is C22H14F2O3. The molecule has 3 nitrogen and oxygen atoms in total. The van der Waals surface area contributed by atoms with E-state index >= 15 is 0 Å². The molecule has 0 unspecified atom stereocenters. The molecule has 1 aromatic heterocycles. The van der Waals surface area contributed by atoms with E-state index in [9.17, 15) is 18.7 Å². The molecule has 3 aromatic carbocycles. The lowest BCUT2D eigenvalue weighted by atomic mass is 9.98. The van der Waals surface area contributed by atoms with Crippen molar-refractivity contribution in [2.75, 3.05) is 0 Å². The smallest absolute Gasteiger partial charge is 0.196 e. The van der Waals surface area contributed by atoms with E-state index in [4.69, 9.17) is 4.42 Å². The molecule has 0 aliphatic rings. The van der Waals surface area contributed by atoms with Crippen molar-refractivity contribution in [1.82, 2.24) is 0 Å². The Morgan fingerprint density at radius 1 is 0.852 bits per heavy atom. The van der Waals surface area contributed by atoms with E-state index in [1.807, 2.05) is 0 Å². The molecule has 0 radical (unpaired) electrons. The Bertz CT molecular complexity index is 1180. The highest BCUT2D eigenvalue weighted by Gasteiger charge is 2.17. The minimum atomic E-state index is -0.403. The Hall–Kier alpha value is -3.47. The van der Waals surface area contributed by atoms with E-state index < -0.39 is 5.82 Å².